The molecule has 7 heteroatoms. The Labute approximate surface area is 158 Å². The topological polar surface area (TPSA) is 62.5 Å². The van der Waals surface area contributed by atoms with Gasteiger partial charge in [-0.25, -0.2) is 4.98 Å². The lowest BCUT2D eigenvalue weighted by Gasteiger charge is -2.10. The maximum absolute atomic E-state index is 5.87. The van der Waals surface area contributed by atoms with Gasteiger partial charge in [-0.05, 0) is 38.0 Å². The Balaban J connectivity index is 0.00000264. The van der Waals surface area contributed by atoms with Gasteiger partial charge in [-0.2, -0.15) is 0 Å². The van der Waals surface area contributed by atoms with Crippen molar-refractivity contribution in [3.8, 4) is 0 Å². The second-order valence-corrected chi connectivity index (χ2v) is 5.41. The zero-order valence-electron chi connectivity index (χ0n) is 13.5. The van der Waals surface area contributed by atoms with E-state index in [0.717, 1.165) is 35.4 Å². The fourth-order valence-electron chi connectivity index (χ4n) is 1.97. The Morgan fingerprint density at radius 1 is 1.22 bits per heavy atom. The molecule has 2 rings (SSSR count). The van der Waals surface area contributed by atoms with Gasteiger partial charge >= 0.3 is 0 Å². The van der Waals surface area contributed by atoms with Gasteiger partial charge in [-0.1, -0.05) is 23.7 Å². The third-order valence-corrected chi connectivity index (χ3v) is 3.57. The van der Waals surface area contributed by atoms with Crippen molar-refractivity contribution >= 4 is 41.5 Å². The number of aromatic nitrogens is 1. The van der Waals surface area contributed by atoms with Gasteiger partial charge in [0.15, 0.2) is 5.96 Å². The van der Waals surface area contributed by atoms with E-state index in [-0.39, 0.29) is 24.0 Å². The monoisotopic (exact) mass is 448 g/mol. The van der Waals surface area contributed by atoms with E-state index in [1.807, 2.05) is 38.1 Å². The number of oxazole rings is 1. The zero-order chi connectivity index (χ0) is 15.9. The summed E-state index contributed by atoms with van der Waals surface area (Å²) in [5, 5.41) is 7.20. The minimum atomic E-state index is 0. The van der Waals surface area contributed by atoms with Crippen LogP contribution in [0.5, 0.6) is 0 Å². The molecule has 1 heterocycles. The van der Waals surface area contributed by atoms with Crippen LogP contribution in [-0.2, 0) is 13.0 Å². The van der Waals surface area contributed by atoms with Crippen LogP contribution in [0.15, 0.2) is 33.7 Å². The summed E-state index contributed by atoms with van der Waals surface area (Å²) in [5.41, 5.74) is 2.15. The lowest BCUT2D eigenvalue weighted by molar-refractivity contribution is 0.464. The lowest BCUT2D eigenvalue weighted by Crippen LogP contribution is -2.37. The first kappa shape index (κ1) is 19.8. The number of rotatable bonds is 5. The van der Waals surface area contributed by atoms with Crippen LogP contribution in [0.2, 0.25) is 5.02 Å². The van der Waals surface area contributed by atoms with Gasteiger partial charge in [0.1, 0.15) is 5.76 Å². The molecule has 5 nitrogen and oxygen atoms in total. The molecule has 0 spiro atoms. The van der Waals surface area contributed by atoms with E-state index in [1.54, 1.807) is 7.05 Å². The van der Waals surface area contributed by atoms with Crippen LogP contribution < -0.4 is 10.6 Å². The fraction of sp³-hybridized carbons (Fsp3) is 0.375. The standard InChI is InChI=1S/C16H21ClN4O.HI/c1-11-12(2)22-15(21-11)10-20-16(18-3)19-9-8-13-4-6-14(17)7-5-13;/h4-7H,8-10H2,1-3H3,(H2,18,19,20);1H. The molecule has 0 atom stereocenters. The number of nitrogens with zero attached hydrogens (tertiary/aromatic N) is 2. The van der Waals surface area contributed by atoms with Crippen molar-refractivity contribution < 1.29 is 4.42 Å². The molecule has 0 unspecified atom stereocenters. The number of nitrogens with one attached hydrogen (secondary N) is 2. The summed E-state index contributed by atoms with van der Waals surface area (Å²) in [6.45, 7) is 5.13. The van der Waals surface area contributed by atoms with E-state index < -0.39 is 0 Å². The van der Waals surface area contributed by atoms with Gasteiger partial charge in [0, 0.05) is 18.6 Å². The quantitative estimate of drug-likeness (QED) is 0.418. The summed E-state index contributed by atoms with van der Waals surface area (Å²) in [5.74, 6) is 2.24. The van der Waals surface area contributed by atoms with Crippen LogP contribution in [0, 0.1) is 13.8 Å². The van der Waals surface area contributed by atoms with E-state index in [0.29, 0.717) is 12.4 Å². The number of halogens is 2. The zero-order valence-corrected chi connectivity index (χ0v) is 16.6. The van der Waals surface area contributed by atoms with E-state index in [2.05, 4.69) is 20.6 Å². The van der Waals surface area contributed by atoms with E-state index in [1.165, 1.54) is 5.56 Å². The summed E-state index contributed by atoms with van der Waals surface area (Å²) in [6.07, 6.45) is 0.898. The summed E-state index contributed by atoms with van der Waals surface area (Å²) in [6, 6.07) is 7.85. The second kappa shape index (κ2) is 9.77. The molecule has 2 aromatic rings. The van der Waals surface area contributed by atoms with Crippen molar-refractivity contribution in [1.82, 2.24) is 15.6 Å². The molecule has 0 amide bonds. The number of hydrogen-bond acceptors (Lipinski definition) is 3. The third-order valence-electron chi connectivity index (χ3n) is 3.32. The van der Waals surface area contributed by atoms with Gasteiger partial charge in [-0.15, -0.1) is 24.0 Å². The number of aryl methyl sites for hydroxylation is 2. The Bertz CT molecular complexity index is 621. The van der Waals surface area contributed by atoms with Gasteiger partial charge in [0.05, 0.1) is 12.2 Å². The van der Waals surface area contributed by atoms with Gasteiger partial charge in [-0.3, -0.25) is 4.99 Å². The molecular weight excluding hydrogens is 427 g/mol. The highest BCUT2D eigenvalue weighted by Gasteiger charge is 2.06. The molecule has 0 fully saturated rings. The Hall–Kier alpha value is -1.28. The molecule has 0 saturated carbocycles. The van der Waals surface area contributed by atoms with Crippen LogP contribution >= 0.6 is 35.6 Å². The smallest absolute Gasteiger partial charge is 0.214 e. The molecule has 0 bridgehead atoms. The predicted octanol–water partition coefficient (Wildman–Crippen LogP) is 3.47. The first-order valence-electron chi connectivity index (χ1n) is 7.20. The van der Waals surface area contributed by atoms with E-state index in [9.17, 15) is 0 Å². The first-order chi connectivity index (χ1) is 10.6. The average molecular weight is 449 g/mol. The van der Waals surface area contributed by atoms with Gasteiger partial charge in [0.25, 0.3) is 0 Å². The minimum absolute atomic E-state index is 0. The van der Waals surface area contributed by atoms with Gasteiger partial charge in [0.2, 0.25) is 5.89 Å². The molecule has 1 aromatic carbocycles. The molecule has 0 aliphatic heterocycles. The van der Waals surface area contributed by atoms with Crippen LogP contribution in [0.25, 0.3) is 0 Å². The highest BCUT2D eigenvalue weighted by Crippen LogP contribution is 2.09. The van der Waals surface area contributed by atoms with Crippen molar-refractivity contribution in [3.63, 3.8) is 0 Å². The summed E-state index contributed by atoms with van der Waals surface area (Å²) in [4.78, 5) is 8.51. The number of aliphatic imine (C=N–C) groups is 1. The van der Waals surface area contributed by atoms with Crippen molar-refractivity contribution in [2.45, 2.75) is 26.8 Å². The number of hydrogen-bond donors (Lipinski definition) is 2. The highest BCUT2D eigenvalue weighted by atomic mass is 127. The molecule has 0 radical (unpaired) electrons. The van der Waals surface area contributed by atoms with E-state index >= 15 is 0 Å². The van der Waals surface area contributed by atoms with Crippen LogP contribution in [0.3, 0.4) is 0 Å². The third kappa shape index (κ3) is 6.39. The fourth-order valence-corrected chi connectivity index (χ4v) is 2.10. The molecule has 0 aliphatic carbocycles. The normalized spacial score (nSPS) is 11.0. The first-order valence-corrected chi connectivity index (χ1v) is 7.58. The Kier molecular flexibility index (Phi) is 8.40. The summed E-state index contributed by atoms with van der Waals surface area (Å²) in [7, 11) is 1.74. The van der Waals surface area contributed by atoms with Crippen LogP contribution in [0.4, 0.5) is 0 Å². The second-order valence-electron chi connectivity index (χ2n) is 4.98. The lowest BCUT2D eigenvalue weighted by atomic mass is 10.1. The minimum Gasteiger partial charge on any atom is -0.444 e. The number of benzene rings is 1. The molecule has 0 aliphatic rings. The summed E-state index contributed by atoms with van der Waals surface area (Å²) >= 11 is 5.87. The van der Waals surface area contributed by atoms with E-state index in [4.69, 9.17) is 16.0 Å². The number of guanidine groups is 1. The molecule has 0 saturated heterocycles. The largest absolute Gasteiger partial charge is 0.444 e. The van der Waals surface area contributed by atoms with Gasteiger partial charge < -0.3 is 15.1 Å². The Morgan fingerprint density at radius 3 is 2.48 bits per heavy atom. The molecule has 23 heavy (non-hydrogen) atoms. The van der Waals surface area contributed by atoms with Crippen LogP contribution in [0.1, 0.15) is 22.9 Å². The van der Waals surface area contributed by atoms with Crippen molar-refractivity contribution in [2.24, 2.45) is 4.99 Å². The molecule has 2 N–H and O–H groups in total. The maximum atomic E-state index is 5.87. The van der Waals surface area contributed by atoms with Crippen molar-refractivity contribution in [2.75, 3.05) is 13.6 Å². The Morgan fingerprint density at radius 2 is 1.91 bits per heavy atom. The highest BCUT2D eigenvalue weighted by molar-refractivity contribution is 14.0. The van der Waals surface area contributed by atoms with Crippen molar-refractivity contribution in [3.05, 3.63) is 52.2 Å². The maximum Gasteiger partial charge on any atom is 0.214 e. The average Bonchev–Trinajstić information content (AvgIpc) is 2.83. The predicted molar refractivity (Wildman–Crippen MR) is 105 cm³/mol. The SMILES string of the molecule is CN=C(NCCc1ccc(Cl)cc1)NCc1nc(C)c(C)o1.I. The molecule has 1 aromatic heterocycles. The molecule has 126 valence electrons. The molecular formula is C16H22ClIN4O. The van der Waals surface area contributed by atoms with Crippen molar-refractivity contribution in [1.29, 1.82) is 0 Å². The van der Waals surface area contributed by atoms with Crippen LogP contribution in [-0.4, -0.2) is 24.5 Å². The summed E-state index contributed by atoms with van der Waals surface area (Å²) < 4.78 is 5.53.